The molecule has 0 atom stereocenters. The van der Waals surface area contributed by atoms with E-state index in [-0.39, 0.29) is 12.0 Å². The lowest BCUT2D eigenvalue weighted by atomic mass is 9.95. The molecule has 74 valence electrons. The minimum Gasteiger partial charge on any atom is -0.396 e. The Morgan fingerprint density at radius 2 is 2.38 bits per heavy atom. The van der Waals surface area contributed by atoms with Crippen LogP contribution in [0, 0.1) is 5.41 Å². The van der Waals surface area contributed by atoms with Gasteiger partial charge in [0, 0.05) is 31.0 Å². The topological polar surface area (TPSA) is 60.9 Å². The van der Waals surface area contributed by atoms with Gasteiger partial charge in [-0.05, 0) is 0 Å². The van der Waals surface area contributed by atoms with Crippen LogP contribution in [-0.2, 0) is 6.54 Å². The predicted octanol–water partition coefficient (Wildman–Crippen LogP) is 0.518. The van der Waals surface area contributed by atoms with Crippen molar-refractivity contribution in [2.24, 2.45) is 5.41 Å². The molecule has 0 bridgehead atoms. The minimum absolute atomic E-state index is 0.0629. The van der Waals surface area contributed by atoms with E-state index in [2.05, 4.69) is 15.3 Å². The molecule has 0 amide bonds. The van der Waals surface area contributed by atoms with Gasteiger partial charge in [-0.15, -0.1) is 0 Å². The molecular formula is C9H17N3O. The van der Waals surface area contributed by atoms with E-state index in [1.54, 1.807) is 12.4 Å². The Kier molecular flexibility index (Phi) is 3.45. The number of hydrogen-bond acceptors (Lipinski definition) is 3. The Morgan fingerprint density at radius 1 is 1.62 bits per heavy atom. The van der Waals surface area contributed by atoms with E-state index in [0.29, 0.717) is 0 Å². The van der Waals surface area contributed by atoms with Crippen molar-refractivity contribution in [3.63, 3.8) is 0 Å². The zero-order valence-electron chi connectivity index (χ0n) is 8.17. The van der Waals surface area contributed by atoms with Gasteiger partial charge in [0.2, 0.25) is 0 Å². The fourth-order valence-electron chi connectivity index (χ4n) is 0.970. The maximum Gasteiger partial charge on any atom is 0.120 e. The quantitative estimate of drug-likeness (QED) is 0.623. The van der Waals surface area contributed by atoms with Crippen molar-refractivity contribution in [2.75, 3.05) is 13.2 Å². The number of aromatic nitrogens is 2. The predicted molar refractivity (Wildman–Crippen MR) is 51.2 cm³/mol. The van der Waals surface area contributed by atoms with Crippen LogP contribution in [0.15, 0.2) is 12.4 Å². The summed E-state index contributed by atoms with van der Waals surface area (Å²) in [4.78, 5) is 7.09. The number of nitrogens with one attached hydrogen (secondary N) is 2. The van der Waals surface area contributed by atoms with Crippen LogP contribution in [0.5, 0.6) is 0 Å². The smallest absolute Gasteiger partial charge is 0.120 e. The molecule has 4 nitrogen and oxygen atoms in total. The molecule has 1 heterocycles. The average Bonchev–Trinajstić information content (AvgIpc) is 2.57. The second-order valence-electron chi connectivity index (χ2n) is 3.96. The number of imidazole rings is 1. The van der Waals surface area contributed by atoms with Crippen LogP contribution in [0.25, 0.3) is 0 Å². The Hall–Kier alpha value is -0.870. The summed E-state index contributed by atoms with van der Waals surface area (Å²) in [6.07, 6.45) is 3.53. The van der Waals surface area contributed by atoms with Crippen molar-refractivity contribution in [1.29, 1.82) is 0 Å². The summed E-state index contributed by atoms with van der Waals surface area (Å²) in [7, 11) is 0. The van der Waals surface area contributed by atoms with Gasteiger partial charge in [-0.3, -0.25) is 0 Å². The molecule has 3 N–H and O–H groups in total. The van der Waals surface area contributed by atoms with Crippen molar-refractivity contribution in [3.05, 3.63) is 18.2 Å². The number of H-pyrrole nitrogens is 1. The third-order valence-electron chi connectivity index (χ3n) is 1.88. The molecule has 4 heteroatoms. The summed E-state index contributed by atoms with van der Waals surface area (Å²) >= 11 is 0. The fraction of sp³-hybridized carbons (Fsp3) is 0.667. The molecule has 0 fully saturated rings. The highest BCUT2D eigenvalue weighted by molar-refractivity contribution is 4.86. The molecule has 0 aliphatic carbocycles. The van der Waals surface area contributed by atoms with E-state index in [1.807, 2.05) is 13.8 Å². The maximum atomic E-state index is 8.99. The number of rotatable bonds is 5. The molecule has 1 rings (SSSR count). The average molecular weight is 183 g/mol. The van der Waals surface area contributed by atoms with E-state index in [9.17, 15) is 0 Å². The van der Waals surface area contributed by atoms with Crippen LogP contribution in [0.1, 0.15) is 19.7 Å². The summed E-state index contributed by atoms with van der Waals surface area (Å²) in [6.45, 7) is 5.73. The van der Waals surface area contributed by atoms with E-state index in [0.717, 1.165) is 18.9 Å². The first-order chi connectivity index (χ1) is 6.14. The molecule has 0 aliphatic rings. The number of aliphatic hydroxyl groups excluding tert-OH is 1. The van der Waals surface area contributed by atoms with E-state index in [1.165, 1.54) is 0 Å². The first-order valence-electron chi connectivity index (χ1n) is 4.44. The highest BCUT2D eigenvalue weighted by atomic mass is 16.3. The van der Waals surface area contributed by atoms with Gasteiger partial charge in [0.1, 0.15) is 5.82 Å². The van der Waals surface area contributed by atoms with Crippen LogP contribution in [-0.4, -0.2) is 28.2 Å². The van der Waals surface area contributed by atoms with Crippen molar-refractivity contribution < 1.29 is 5.11 Å². The van der Waals surface area contributed by atoms with Gasteiger partial charge in [0.15, 0.2) is 0 Å². The van der Waals surface area contributed by atoms with Gasteiger partial charge in [0.25, 0.3) is 0 Å². The van der Waals surface area contributed by atoms with Crippen LogP contribution in [0.4, 0.5) is 0 Å². The molecule has 1 aromatic rings. The second kappa shape index (κ2) is 4.39. The lowest BCUT2D eigenvalue weighted by Crippen LogP contribution is -2.32. The van der Waals surface area contributed by atoms with Gasteiger partial charge >= 0.3 is 0 Å². The van der Waals surface area contributed by atoms with Crippen molar-refractivity contribution in [2.45, 2.75) is 20.4 Å². The second-order valence-corrected chi connectivity index (χ2v) is 3.96. The number of hydrogen-bond donors (Lipinski definition) is 3. The van der Waals surface area contributed by atoms with Crippen molar-refractivity contribution in [1.82, 2.24) is 15.3 Å². The van der Waals surface area contributed by atoms with Crippen LogP contribution >= 0.6 is 0 Å². The Bertz CT molecular complexity index is 231. The standard InChI is InChI=1S/C9H17N3O/c1-9(2,7-13)6-10-5-8-11-3-4-12-8/h3-4,10,13H,5-7H2,1-2H3,(H,11,12). The van der Waals surface area contributed by atoms with E-state index >= 15 is 0 Å². The summed E-state index contributed by atoms with van der Waals surface area (Å²) in [6, 6.07) is 0. The van der Waals surface area contributed by atoms with Crippen LogP contribution in [0.3, 0.4) is 0 Å². The Labute approximate surface area is 78.4 Å². The fourth-order valence-corrected chi connectivity index (χ4v) is 0.970. The van der Waals surface area contributed by atoms with Gasteiger partial charge in [-0.2, -0.15) is 0 Å². The highest BCUT2D eigenvalue weighted by Crippen LogP contribution is 2.11. The largest absolute Gasteiger partial charge is 0.396 e. The monoisotopic (exact) mass is 183 g/mol. The van der Waals surface area contributed by atoms with E-state index in [4.69, 9.17) is 5.11 Å². The molecule has 0 saturated carbocycles. The lowest BCUT2D eigenvalue weighted by Gasteiger charge is -2.21. The first-order valence-corrected chi connectivity index (χ1v) is 4.44. The summed E-state index contributed by atoms with van der Waals surface area (Å²) in [5.41, 5.74) is -0.0629. The molecular weight excluding hydrogens is 166 g/mol. The first kappa shape index (κ1) is 10.2. The summed E-state index contributed by atoms with van der Waals surface area (Å²) < 4.78 is 0. The molecule has 0 radical (unpaired) electrons. The summed E-state index contributed by atoms with van der Waals surface area (Å²) in [5, 5.41) is 12.2. The highest BCUT2D eigenvalue weighted by Gasteiger charge is 2.15. The molecule has 0 spiro atoms. The number of aromatic amines is 1. The Balaban J connectivity index is 2.21. The SMILES string of the molecule is CC(C)(CO)CNCc1ncc[nH]1. The number of aliphatic hydroxyl groups is 1. The van der Waals surface area contributed by atoms with Gasteiger partial charge in [-0.1, -0.05) is 13.8 Å². The van der Waals surface area contributed by atoms with Crippen LogP contribution < -0.4 is 5.32 Å². The van der Waals surface area contributed by atoms with Crippen molar-refractivity contribution in [3.8, 4) is 0 Å². The van der Waals surface area contributed by atoms with E-state index < -0.39 is 0 Å². The van der Waals surface area contributed by atoms with Gasteiger partial charge in [-0.25, -0.2) is 4.98 Å². The summed E-state index contributed by atoms with van der Waals surface area (Å²) in [5.74, 6) is 0.925. The third kappa shape index (κ3) is 3.57. The lowest BCUT2D eigenvalue weighted by molar-refractivity contribution is 0.156. The van der Waals surface area contributed by atoms with Gasteiger partial charge in [0.05, 0.1) is 6.54 Å². The van der Waals surface area contributed by atoms with Crippen molar-refractivity contribution >= 4 is 0 Å². The normalized spacial score (nSPS) is 11.9. The molecule has 0 aliphatic heterocycles. The van der Waals surface area contributed by atoms with Crippen LogP contribution in [0.2, 0.25) is 0 Å². The Morgan fingerprint density at radius 3 is 2.92 bits per heavy atom. The molecule has 1 aromatic heterocycles. The number of nitrogens with zero attached hydrogens (tertiary/aromatic N) is 1. The maximum absolute atomic E-state index is 8.99. The third-order valence-corrected chi connectivity index (χ3v) is 1.88. The molecule has 0 unspecified atom stereocenters. The molecule has 0 saturated heterocycles. The molecule has 0 aromatic carbocycles. The zero-order valence-corrected chi connectivity index (χ0v) is 8.17. The minimum atomic E-state index is -0.0629. The molecule has 13 heavy (non-hydrogen) atoms. The van der Waals surface area contributed by atoms with Gasteiger partial charge < -0.3 is 15.4 Å². The zero-order chi connectivity index (χ0) is 9.73.